The molecule has 0 aliphatic carbocycles. The molecule has 0 saturated heterocycles. The molecule has 4 nitrogen and oxygen atoms in total. The van der Waals surface area contributed by atoms with Gasteiger partial charge in [-0.3, -0.25) is 4.79 Å². The molecule has 1 heterocycles. The van der Waals surface area contributed by atoms with Crippen LogP contribution in [0.15, 0.2) is 36.4 Å². The fourth-order valence-corrected chi connectivity index (χ4v) is 2.78. The number of nitrogen functional groups attached to an aromatic ring is 1. The number of para-hydroxylation sites is 1. The van der Waals surface area contributed by atoms with E-state index in [0.29, 0.717) is 12.3 Å². The summed E-state index contributed by atoms with van der Waals surface area (Å²) in [6.45, 7) is 4.27. The Bertz CT molecular complexity index is 687. The lowest BCUT2D eigenvalue weighted by atomic mass is 9.99. The Hall–Kier alpha value is -2.49. The molecule has 3 rings (SSSR count). The Balaban J connectivity index is 1.86. The van der Waals surface area contributed by atoms with Gasteiger partial charge in [-0.25, -0.2) is 0 Å². The zero-order valence-electron chi connectivity index (χ0n) is 12.1. The summed E-state index contributed by atoms with van der Waals surface area (Å²) in [5, 5.41) is 3.01. The molecule has 1 unspecified atom stereocenters. The van der Waals surface area contributed by atoms with Crippen molar-refractivity contribution in [2.24, 2.45) is 0 Å². The van der Waals surface area contributed by atoms with Gasteiger partial charge in [-0.1, -0.05) is 18.2 Å². The molecule has 2 aromatic carbocycles. The van der Waals surface area contributed by atoms with Crippen molar-refractivity contribution in [3.63, 3.8) is 0 Å². The molecule has 2 aromatic rings. The summed E-state index contributed by atoms with van der Waals surface area (Å²) in [5.74, 6) is 0.483. The van der Waals surface area contributed by atoms with Crippen LogP contribution in [0.5, 0.6) is 5.75 Å². The van der Waals surface area contributed by atoms with E-state index in [2.05, 4.69) is 5.32 Å². The zero-order chi connectivity index (χ0) is 15.0. The summed E-state index contributed by atoms with van der Waals surface area (Å²) in [7, 11) is 0. The minimum atomic E-state index is -0.266. The lowest BCUT2D eigenvalue weighted by Crippen LogP contribution is -2.23. The predicted molar refractivity (Wildman–Crippen MR) is 83.6 cm³/mol. The van der Waals surface area contributed by atoms with Crippen molar-refractivity contribution in [1.82, 2.24) is 0 Å². The monoisotopic (exact) mass is 282 g/mol. The van der Waals surface area contributed by atoms with Crippen LogP contribution in [0.4, 0.5) is 11.4 Å². The first-order valence-electron chi connectivity index (χ1n) is 6.95. The first-order valence-corrected chi connectivity index (χ1v) is 6.95. The summed E-state index contributed by atoms with van der Waals surface area (Å²) in [6, 6.07) is 11.4. The molecule has 1 aliphatic rings. The molecule has 4 heteroatoms. The lowest BCUT2D eigenvalue weighted by molar-refractivity contribution is -0.117. The number of aryl methyl sites for hydroxylation is 2. The summed E-state index contributed by atoms with van der Waals surface area (Å²) < 4.78 is 5.57. The van der Waals surface area contributed by atoms with Gasteiger partial charge in [0.05, 0.1) is 0 Å². The fraction of sp³-hybridized carbons (Fsp3) is 0.235. The van der Waals surface area contributed by atoms with Gasteiger partial charge in [-0.2, -0.15) is 0 Å². The average molecular weight is 282 g/mol. The van der Waals surface area contributed by atoms with Crippen molar-refractivity contribution in [3.8, 4) is 5.75 Å². The van der Waals surface area contributed by atoms with Crippen molar-refractivity contribution in [1.29, 1.82) is 0 Å². The van der Waals surface area contributed by atoms with Gasteiger partial charge in [-0.15, -0.1) is 0 Å². The van der Waals surface area contributed by atoms with Crippen LogP contribution in [-0.2, 0) is 4.79 Å². The van der Waals surface area contributed by atoms with Crippen LogP contribution >= 0.6 is 0 Å². The van der Waals surface area contributed by atoms with E-state index in [-0.39, 0.29) is 11.8 Å². The number of hydrogen-bond acceptors (Lipinski definition) is 3. The molecule has 21 heavy (non-hydrogen) atoms. The third kappa shape index (κ3) is 2.44. The van der Waals surface area contributed by atoms with E-state index in [9.17, 15) is 4.79 Å². The number of carbonyl (C=O) groups excluding carboxylic acids is 1. The maximum atomic E-state index is 12.5. The summed E-state index contributed by atoms with van der Waals surface area (Å²) in [4.78, 5) is 12.5. The topological polar surface area (TPSA) is 64.3 Å². The predicted octanol–water partition coefficient (Wildman–Crippen LogP) is 3.00. The van der Waals surface area contributed by atoms with Crippen LogP contribution in [0.25, 0.3) is 0 Å². The molecular formula is C17H18N2O2. The van der Waals surface area contributed by atoms with Gasteiger partial charge in [0.1, 0.15) is 18.3 Å². The Morgan fingerprint density at radius 1 is 1.24 bits per heavy atom. The SMILES string of the molecule is Cc1cc(N)cc(C)c1NC(=O)C1COc2ccccc21. The van der Waals surface area contributed by atoms with E-state index in [0.717, 1.165) is 28.1 Å². The van der Waals surface area contributed by atoms with E-state index in [1.807, 2.05) is 50.2 Å². The Kier molecular flexibility index (Phi) is 3.29. The third-order valence-electron chi connectivity index (χ3n) is 3.82. The van der Waals surface area contributed by atoms with Crippen LogP contribution < -0.4 is 15.8 Å². The number of nitrogens with two attached hydrogens (primary N) is 1. The van der Waals surface area contributed by atoms with Crippen LogP contribution in [0, 0.1) is 13.8 Å². The summed E-state index contributed by atoms with van der Waals surface area (Å²) >= 11 is 0. The number of anilines is 2. The van der Waals surface area contributed by atoms with E-state index < -0.39 is 0 Å². The second kappa shape index (κ2) is 5.13. The first-order chi connectivity index (χ1) is 10.1. The van der Waals surface area contributed by atoms with Gasteiger partial charge in [0, 0.05) is 16.9 Å². The molecule has 1 aliphatic heterocycles. The Labute approximate surface area is 123 Å². The second-order valence-electron chi connectivity index (χ2n) is 5.42. The Morgan fingerprint density at radius 2 is 1.90 bits per heavy atom. The van der Waals surface area contributed by atoms with Gasteiger partial charge in [0.15, 0.2) is 0 Å². The van der Waals surface area contributed by atoms with Crippen molar-refractivity contribution in [3.05, 3.63) is 53.1 Å². The van der Waals surface area contributed by atoms with Crippen LogP contribution in [0.3, 0.4) is 0 Å². The number of nitrogens with one attached hydrogen (secondary N) is 1. The normalized spacial score (nSPS) is 16.2. The van der Waals surface area contributed by atoms with Crippen molar-refractivity contribution >= 4 is 17.3 Å². The Morgan fingerprint density at radius 3 is 2.62 bits per heavy atom. The van der Waals surface area contributed by atoms with Crippen molar-refractivity contribution < 1.29 is 9.53 Å². The molecule has 108 valence electrons. The smallest absolute Gasteiger partial charge is 0.235 e. The fourth-order valence-electron chi connectivity index (χ4n) is 2.78. The molecule has 0 fully saturated rings. The molecule has 3 N–H and O–H groups in total. The number of ether oxygens (including phenoxy) is 1. The maximum absolute atomic E-state index is 12.5. The van der Waals surface area contributed by atoms with Crippen LogP contribution in [0.2, 0.25) is 0 Å². The number of benzene rings is 2. The van der Waals surface area contributed by atoms with Gasteiger partial charge in [0.2, 0.25) is 5.91 Å². The first kappa shape index (κ1) is 13.5. The molecule has 0 radical (unpaired) electrons. The quantitative estimate of drug-likeness (QED) is 0.832. The largest absolute Gasteiger partial charge is 0.492 e. The average Bonchev–Trinajstić information content (AvgIpc) is 2.86. The van der Waals surface area contributed by atoms with Gasteiger partial charge < -0.3 is 15.8 Å². The van der Waals surface area contributed by atoms with Crippen molar-refractivity contribution in [2.75, 3.05) is 17.7 Å². The summed E-state index contributed by atoms with van der Waals surface area (Å²) in [5.41, 5.74) is 10.2. The highest BCUT2D eigenvalue weighted by atomic mass is 16.5. The number of hydrogen-bond donors (Lipinski definition) is 2. The van der Waals surface area contributed by atoms with Crippen LogP contribution in [-0.4, -0.2) is 12.5 Å². The van der Waals surface area contributed by atoms with Crippen LogP contribution in [0.1, 0.15) is 22.6 Å². The minimum Gasteiger partial charge on any atom is -0.492 e. The van der Waals surface area contributed by atoms with E-state index in [1.165, 1.54) is 0 Å². The molecule has 0 bridgehead atoms. The molecule has 1 atom stereocenters. The third-order valence-corrected chi connectivity index (χ3v) is 3.82. The van der Waals surface area contributed by atoms with Gasteiger partial charge in [0.25, 0.3) is 0 Å². The van der Waals surface area contributed by atoms with Gasteiger partial charge >= 0.3 is 0 Å². The van der Waals surface area contributed by atoms with E-state index in [4.69, 9.17) is 10.5 Å². The molecular weight excluding hydrogens is 264 g/mol. The van der Waals surface area contributed by atoms with Crippen molar-refractivity contribution in [2.45, 2.75) is 19.8 Å². The number of amides is 1. The molecule has 0 saturated carbocycles. The van der Waals surface area contributed by atoms with Gasteiger partial charge in [-0.05, 0) is 43.2 Å². The minimum absolute atomic E-state index is 0.0454. The molecule has 1 amide bonds. The number of rotatable bonds is 2. The molecule has 0 spiro atoms. The second-order valence-corrected chi connectivity index (χ2v) is 5.42. The number of fused-ring (bicyclic) bond motifs is 1. The highest BCUT2D eigenvalue weighted by Gasteiger charge is 2.30. The standard InChI is InChI=1S/C17H18N2O2/c1-10-7-12(18)8-11(2)16(10)19-17(20)14-9-21-15-6-4-3-5-13(14)15/h3-8,14H,9,18H2,1-2H3,(H,19,20). The van der Waals surface area contributed by atoms with E-state index in [1.54, 1.807) is 0 Å². The maximum Gasteiger partial charge on any atom is 0.235 e. The molecule has 0 aromatic heterocycles. The lowest BCUT2D eigenvalue weighted by Gasteiger charge is -2.15. The zero-order valence-corrected chi connectivity index (χ0v) is 12.1. The van der Waals surface area contributed by atoms with E-state index >= 15 is 0 Å². The highest BCUT2D eigenvalue weighted by molar-refractivity contribution is 5.98. The number of carbonyl (C=O) groups is 1. The summed E-state index contributed by atoms with van der Waals surface area (Å²) in [6.07, 6.45) is 0. The highest BCUT2D eigenvalue weighted by Crippen LogP contribution is 2.34.